The van der Waals surface area contributed by atoms with E-state index in [9.17, 15) is 4.79 Å². The van der Waals surface area contributed by atoms with Crippen molar-refractivity contribution in [2.75, 3.05) is 33.1 Å². The van der Waals surface area contributed by atoms with Crippen LogP contribution in [-0.2, 0) is 9.53 Å². The normalized spacial score (nSPS) is 8.69. The van der Waals surface area contributed by atoms with Crippen LogP contribution < -0.4 is 0 Å². The minimum atomic E-state index is -0.425. The van der Waals surface area contributed by atoms with Gasteiger partial charge in [-0.05, 0) is 20.6 Å². The molecular weight excluding hydrogens is 190 g/mol. The third-order valence-corrected chi connectivity index (χ3v) is 1.27. The third-order valence-electron chi connectivity index (χ3n) is 1.12. The van der Waals surface area contributed by atoms with Crippen molar-refractivity contribution in [2.45, 2.75) is 6.92 Å². The lowest BCUT2D eigenvalue weighted by Gasteiger charge is -2.00. The quantitative estimate of drug-likeness (QED) is 0.398. The highest BCUT2D eigenvalue weighted by atomic mass is 35.5. The SMILES string of the molecule is C=CC(=O)OCCCl.CCN(C)C. The van der Waals surface area contributed by atoms with Crippen LogP contribution in [0.5, 0.6) is 0 Å². The van der Waals surface area contributed by atoms with Crippen LogP contribution in [0.4, 0.5) is 0 Å². The zero-order valence-electron chi connectivity index (χ0n) is 8.55. The Kier molecular flexibility index (Phi) is 13.2. The van der Waals surface area contributed by atoms with Gasteiger partial charge in [-0.3, -0.25) is 0 Å². The first-order chi connectivity index (χ1) is 6.08. The van der Waals surface area contributed by atoms with E-state index in [1.807, 2.05) is 0 Å². The summed E-state index contributed by atoms with van der Waals surface area (Å²) in [6.07, 6.45) is 1.10. The standard InChI is InChI=1S/C5H7ClO2.C4H11N/c1-2-5(7)8-4-3-6;1-4-5(2)3/h2H,1,3-4H2;4H2,1-3H3. The number of ether oxygens (including phenoxy) is 1. The number of hydrogen-bond acceptors (Lipinski definition) is 3. The fourth-order valence-corrected chi connectivity index (χ4v) is 0.275. The summed E-state index contributed by atoms with van der Waals surface area (Å²) in [6, 6.07) is 0. The van der Waals surface area contributed by atoms with Crippen LogP contribution in [0, 0.1) is 0 Å². The van der Waals surface area contributed by atoms with Crippen LogP contribution in [0.15, 0.2) is 12.7 Å². The number of carbonyl (C=O) groups excluding carboxylic acids is 1. The van der Waals surface area contributed by atoms with Crippen molar-refractivity contribution in [3.8, 4) is 0 Å². The van der Waals surface area contributed by atoms with E-state index in [4.69, 9.17) is 11.6 Å². The van der Waals surface area contributed by atoms with Gasteiger partial charge in [-0.2, -0.15) is 0 Å². The molecule has 0 aliphatic carbocycles. The summed E-state index contributed by atoms with van der Waals surface area (Å²) in [5.41, 5.74) is 0. The van der Waals surface area contributed by atoms with Gasteiger partial charge in [0.2, 0.25) is 0 Å². The lowest BCUT2D eigenvalue weighted by Crippen LogP contribution is -2.08. The Balaban J connectivity index is 0. The first-order valence-electron chi connectivity index (χ1n) is 4.08. The highest BCUT2D eigenvalue weighted by Crippen LogP contribution is 1.80. The van der Waals surface area contributed by atoms with Gasteiger partial charge in [0.1, 0.15) is 6.61 Å². The van der Waals surface area contributed by atoms with E-state index in [-0.39, 0.29) is 6.61 Å². The molecule has 3 nitrogen and oxygen atoms in total. The molecule has 0 aromatic heterocycles. The number of halogens is 1. The van der Waals surface area contributed by atoms with Gasteiger partial charge in [-0.15, -0.1) is 11.6 Å². The van der Waals surface area contributed by atoms with Gasteiger partial charge in [-0.25, -0.2) is 4.79 Å². The molecule has 0 saturated carbocycles. The van der Waals surface area contributed by atoms with Crippen molar-refractivity contribution >= 4 is 17.6 Å². The molecule has 13 heavy (non-hydrogen) atoms. The summed E-state index contributed by atoms with van der Waals surface area (Å²) in [5.74, 6) is -0.0924. The average Bonchev–Trinajstić information content (AvgIpc) is 2.15. The molecule has 0 amide bonds. The molecule has 0 fully saturated rings. The average molecular weight is 208 g/mol. The van der Waals surface area contributed by atoms with Crippen molar-refractivity contribution in [3.63, 3.8) is 0 Å². The van der Waals surface area contributed by atoms with E-state index in [1.165, 1.54) is 0 Å². The van der Waals surface area contributed by atoms with Gasteiger partial charge in [0.05, 0.1) is 5.88 Å². The number of nitrogens with zero attached hydrogens (tertiary/aromatic N) is 1. The summed E-state index contributed by atoms with van der Waals surface area (Å²) in [4.78, 5) is 12.3. The second-order valence-corrected chi connectivity index (χ2v) is 2.83. The van der Waals surface area contributed by atoms with Crippen LogP contribution >= 0.6 is 11.6 Å². The lowest BCUT2D eigenvalue weighted by atomic mass is 10.6. The van der Waals surface area contributed by atoms with Crippen LogP contribution in [0.3, 0.4) is 0 Å². The molecule has 0 N–H and O–H groups in total. The summed E-state index contributed by atoms with van der Waals surface area (Å²) in [5, 5.41) is 0. The lowest BCUT2D eigenvalue weighted by molar-refractivity contribution is -0.137. The molecule has 4 heteroatoms. The van der Waals surface area contributed by atoms with E-state index in [1.54, 1.807) is 0 Å². The molecule has 0 aliphatic rings. The van der Waals surface area contributed by atoms with Crippen molar-refractivity contribution in [1.82, 2.24) is 4.90 Å². The number of rotatable bonds is 4. The first-order valence-corrected chi connectivity index (χ1v) is 4.61. The van der Waals surface area contributed by atoms with Gasteiger partial charge in [0.25, 0.3) is 0 Å². The molecule has 0 spiro atoms. The molecule has 0 saturated heterocycles. The predicted octanol–water partition coefficient (Wildman–Crippen LogP) is 1.52. The first kappa shape index (κ1) is 15.0. The largest absolute Gasteiger partial charge is 0.461 e. The molecule has 0 bridgehead atoms. The molecular formula is C9H18ClNO2. The molecule has 0 aliphatic heterocycles. The van der Waals surface area contributed by atoms with Crippen LogP contribution in [0.25, 0.3) is 0 Å². The van der Waals surface area contributed by atoms with E-state index in [2.05, 4.69) is 37.2 Å². The molecule has 0 atom stereocenters. The van der Waals surface area contributed by atoms with Gasteiger partial charge in [0, 0.05) is 6.08 Å². The molecule has 0 unspecified atom stereocenters. The fraction of sp³-hybridized carbons (Fsp3) is 0.667. The number of esters is 1. The van der Waals surface area contributed by atoms with E-state index in [0.29, 0.717) is 5.88 Å². The van der Waals surface area contributed by atoms with Gasteiger partial charge in [0.15, 0.2) is 0 Å². The van der Waals surface area contributed by atoms with Crippen molar-refractivity contribution in [3.05, 3.63) is 12.7 Å². The summed E-state index contributed by atoms with van der Waals surface area (Å²) < 4.78 is 4.45. The number of alkyl halides is 1. The van der Waals surface area contributed by atoms with Gasteiger partial charge < -0.3 is 9.64 Å². The van der Waals surface area contributed by atoms with Crippen molar-refractivity contribution in [2.24, 2.45) is 0 Å². The maximum atomic E-state index is 10.2. The Morgan fingerprint density at radius 2 is 2.08 bits per heavy atom. The molecule has 0 aromatic carbocycles. The van der Waals surface area contributed by atoms with Gasteiger partial charge in [-0.1, -0.05) is 13.5 Å². The predicted molar refractivity (Wildman–Crippen MR) is 56.1 cm³/mol. The maximum Gasteiger partial charge on any atom is 0.330 e. The topological polar surface area (TPSA) is 29.5 Å². The number of carbonyl (C=O) groups is 1. The van der Waals surface area contributed by atoms with E-state index in [0.717, 1.165) is 12.6 Å². The van der Waals surface area contributed by atoms with Crippen LogP contribution in [0.2, 0.25) is 0 Å². The molecule has 0 radical (unpaired) electrons. The smallest absolute Gasteiger partial charge is 0.330 e. The van der Waals surface area contributed by atoms with Crippen molar-refractivity contribution in [1.29, 1.82) is 0 Å². The Bertz CT molecular complexity index is 138. The Morgan fingerprint density at radius 3 is 2.31 bits per heavy atom. The summed E-state index contributed by atoms with van der Waals surface area (Å²) in [6.45, 7) is 6.72. The van der Waals surface area contributed by atoms with Crippen molar-refractivity contribution < 1.29 is 9.53 Å². The zero-order chi connectivity index (χ0) is 10.7. The second-order valence-electron chi connectivity index (χ2n) is 2.46. The van der Waals surface area contributed by atoms with E-state index >= 15 is 0 Å². The summed E-state index contributed by atoms with van der Waals surface area (Å²) in [7, 11) is 4.11. The van der Waals surface area contributed by atoms with E-state index < -0.39 is 5.97 Å². The maximum absolute atomic E-state index is 10.2. The minimum absolute atomic E-state index is 0.256. The second kappa shape index (κ2) is 11.5. The highest BCUT2D eigenvalue weighted by Gasteiger charge is 1.90. The monoisotopic (exact) mass is 207 g/mol. The zero-order valence-corrected chi connectivity index (χ0v) is 9.30. The Hall–Kier alpha value is -0.540. The minimum Gasteiger partial charge on any atom is -0.461 e. The van der Waals surface area contributed by atoms with Crippen LogP contribution in [-0.4, -0.2) is 44.0 Å². The van der Waals surface area contributed by atoms with Crippen LogP contribution in [0.1, 0.15) is 6.92 Å². The van der Waals surface area contributed by atoms with Gasteiger partial charge >= 0.3 is 5.97 Å². The highest BCUT2D eigenvalue weighted by molar-refractivity contribution is 6.18. The molecule has 78 valence electrons. The summed E-state index contributed by atoms with van der Waals surface area (Å²) >= 11 is 5.19. The number of hydrogen-bond donors (Lipinski definition) is 0. The molecule has 0 heterocycles. The Morgan fingerprint density at radius 1 is 1.62 bits per heavy atom. The third kappa shape index (κ3) is 18.4. The Labute approximate surface area is 85.3 Å². The molecule has 0 aromatic rings. The molecule has 0 rings (SSSR count). The fourth-order valence-electron chi connectivity index (χ4n) is 0.198.